The van der Waals surface area contributed by atoms with Crippen LogP contribution < -0.4 is 0 Å². The van der Waals surface area contributed by atoms with Crippen LogP contribution in [0, 0.1) is 0 Å². The van der Waals surface area contributed by atoms with Crippen LogP contribution in [0.15, 0.2) is 188 Å². The average Bonchev–Trinajstić information content (AvgIpc) is 3.74. The molecule has 0 radical (unpaired) electrons. The van der Waals surface area contributed by atoms with Gasteiger partial charge < -0.3 is 0 Å². The molecule has 0 aliphatic heterocycles. The molecule has 10 rings (SSSR count). The van der Waals surface area contributed by atoms with Crippen LogP contribution in [-0.4, -0.2) is 15.0 Å². The van der Waals surface area contributed by atoms with Crippen molar-refractivity contribution >= 4 is 5.57 Å². The normalized spacial score (nSPS) is 13.4. The smallest absolute Gasteiger partial charge is 0.164 e. The molecule has 0 bridgehead atoms. The number of rotatable bonds is 7. The van der Waals surface area contributed by atoms with Crippen molar-refractivity contribution in [1.29, 1.82) is 0 Å². The molecule has 56 heavy (non-hydrogen) atoms. The summed E-state index contributed by atoms with van der Waals surface area (Å²) in [5, 5.41) is 0. The third-order valence-corrected chi connectivity index (χ3v) is 11.3. The summed E-state index contributed by atoms with van der Waals surface area (Å²) in [5.41, 5.74) is 17.0. The summed E-state index contributed by atoms with van der Waals surface area (Å²) in [6, 6.07) is 61.0. The van der Waals surface area contributed by atoms with Gasteiger partial charge in [0.15, 0.2) is 17.5 Å². The van der Waals surface area contributed by atoms with Crippen molar-refractivity contribution in [3.8, 4) is 67.5 Å². The molecular formula is C53H39N3. The number of hydrogen-bond donors (Lipinski definition) is 0. The molecule has 0 saturated heterocycles. The molecule has 1 heterocycles. The van der Waals surface area contributed by atoms with Gasteiger partial charge in [-0.25, -0.2) is 15.0 Å². The molecule has 3 heteroatoms. The SMILES string of the molecule is C/C=C\C(=C/CC)c1cccc(-c2nc(-c3cccc(-c4ccccc4)c3)nc(-c3cccc4c3C3(c5ccccc5-c5ccccc53)c3ccccc3-4)n2)c1. The van der Waals surface area contributed by atoms with E-state index >= 15 is 0 Å². The third kappa shape index (κ3) is 5.23. The van der Waals surface area contributed by atoms with Gasteiger partial charge in [0.25, 0.3) is 0 Å². The maximum Gasteiger partial charge on any atom is 0.164 e. The van der Waals surface area contributed by atoms with Gasteiger partial charge in [-0.05, 0) is 92.2 Å². The van der Waals surface area contributed by atoms with Gasteiger partial charge in [0, 0.05) is 16.7 Å². The van der Waals surface area contributed by atoms with E-state index in [4.69, 9.17) is 15.0 Å². The quantitative estimate of drug-likeness (QED) is 0.154. The summed E-state index contributed by atoms with van der Waals surface area (Å²) < 4.78 is 0. The molecule has 0 saturated carbocycles. The van der Waals surface area contributed by atoms with Gasteiger partial charge >= 0.3 is 0 Å². The van der Waals surface area contributed by atoms with Crippen LogP contribution in [0.1, 0.15) is 48.1 Å². The maximum atomic E-state index is 5.42. The number of benzene rings is 7. The molecule has 3 nitrogen and oxygen atoms in total. The standard InChI is InChI=1S/C53H39N3/c1-3-17-35(18-4-2)37-21-14-23-39(33-37)50-54-51(40-24-15-22-38(34-40)36-19-6-5-7-20-36)56-52(55-50)45-29-16-28-44-43-27-10-13-32-48(43)53(49(44)45)46-30-11-8-25-41(46)42-26-9-12-31-47(42)53/h3,5-34H,4H2,1-2H3/b17-3-,35-18+. The second kappa shape index (κ2) is 13.7. The Balaban J connectivity index is 1.25. The molecule has 0 amide bonds. The van der Waals surface area contributed by atoms with Crippen molar-refractivity contribution in [2.24, 2.45) is 0 Å². The molecule has 2 aliphatic rings. The zero-order valence-corrected chi connectivity index (χ0v) is 31.4. The molecule has 0 fully saturated rings. The van der Waals surface area contributed by atoms with Crippen LogP contribution >= 0.6 is 0 Å². The van der Waals surface area contributed by atoms with Gasteiger partial charge in [0.1, 0.15) is 0 Å². The van der Waals surface area contributed by atoms with E-state index in [9.17, 15) is 0 Å². The van der Waals surface area contributed by atoms with E-state index in [1.54, 1.807) is 0 Å². The fourth-order valence-electron chi connectivity index (χ4n) is 9.08. The van der Waals surface area contributed by atoms with Gasteiger partial charge in [0.2, 0.25) is 0 Å². The number of allylic oxidation sites excluding steroid dienone is 4. The van der Waals surface area contributed by atoms with E-state index in [2.05, 4.69) is 196 Å². The first-order valence-electron chi connectivity index (χ1n) is 19.5. The van der Waals surface area contributed by atoms with Crippen LogP contribution in [0.25, 0.3) is 73.1 Å². The van der Waals surface area contributed by atoms with Crippen molar-refractivity contribution < 1.29 is 0 Å². The van der Waals surface area contributed by atoms with E-state index in [0.717, 1.165) is 39.8 Å². The van der Waals surface area contributed by atoms with E-state index < -0.39 is 5.41 Å². The van der Waals surface area contributed by atoms with Crippen LogP contribution in [0.3, 0.4) is 0 Å². The summed E-state index contributed by atoms with van der Waals surface area (Å²) in [5.74, 6) is 1.94. The summed E-state index contributed by atoms with van der Waals surface area (Å²) in [4.78, 5) is 16.1. The maximum absolute atomic E-state index is 5.42. The van der Waals surface area contributed by atoms with Crippen LogP contribution in [0.5, 0.6) is 0 Å². The highest BCUT2D eigenvalue weighted by atomic mass is 15.0. The van der Waals surface area contributed by atoms with E-state index in [0.29, 0.717) is 17.5 Å². The topological polar surface area (TPSA) is 38.7 Å². The predicted octanol–water partition coefficient (Wildman–Crippen LogP) is 13.3. The molecular weight excluding hydrogens is 679 g/mol. The van der Waals surface area contributed by atoms with Crippen molar-refractivity contribution in [3.05, 3.63) is 216 Å². The second-order valence-corrected chi connectivity index (χ2v) is 14.5. The van der Waals surface area contributed by atoms with Gasteiger partial charge in [0.05, 0.1) is 5.41 Å². The molecule has 0 N–H and O–H groups in total. The molecule has 1 aromatic heterocycles. The number of aromatic nitrogens is 3. The second-order valence-electron chi connectivity index (χ2n) is 14.5. The molecule has 0 atom stereocenters. The summed E-state index contributed by atoms with van der Waals surface area (Å²) in [6.45, 7) is 4.23. The Labute approximate surface area is 328 Å². The molecule has 266 valence electrons. The average molecular weight is 718 g/mol. The number of nitrogens with zero attached hydrogens (tertiary/aromatic N) is 3. The lowest BCUT2D eigenvalue weighted by atomic mass is 9.69. The van der Waals surface area contributed by atoms with Crippen molar-refractivity contribution in [2.45, 2.75) is 25.7 Å². The lowest BCUT2D eigenvalue weighted by molar-refractivity contribution is 0.794. The number of hydrogen-bond acceptors (Lipinski definition) is 3. The summed E-state index contributed by atoms with van der Waals surface area (Å²) >= 11 is 0. The van der Waals surface area contributed by atoms with Crippen LogP contribution in [0.2, 0.25) is 0 Å². The van der Waals surface area contributed by atoms with Gasteiger partial charge in [-0.1, -0.05) is 183 Å². The Bertz CT molecular complexity index is 2800. The van der Waals surface area contributed by atoms with Crippen LogP contribution in [-0.2, 0) is 5.41 Å². The Morgan fingerprint density at radius 2 is 0.946 bits per heavy atom. The van der Waals surface area contributed by atoms with Crippen molar-refractivity contribution in [1.82, 2.24) is 15.0 Å². The first-order chi connectivity index (χ1) is 27.7. The number of fused-ring (bicyclic) bond motifs is 10. The zero-order valence-electron chi connectivity index (χ0n) is 31.4. The fourth-order valence-corrected chi connectivity index (χ4v) is 9.08. The largest absolute Gasteiger partial charge is 0.208 e. The van der Waals surface area contributed by atoms with Gasteiger partial charge in [-0.2, -0.15) is 0 Å². The lowest BCUT2D eigenvalue weighted by Gasteiger charge is -2.31. The highest BCUT2D eigenvalue weighted by Crippen LogP contribution is 2.64. The highest BCUT2D eigenvalue weighted by Gasteiger charge is 2.52. The summed E-state index contributed by atoms with van der Waals surface area (Å²) in [6.07, 6.45) is 7.47. The van der Waals surface area contributed by atoms with Crippen molar-refractivity contribution in [2.75, 3.05) is 0 Å². The van der Waals surface area contributed by atoms with Crippen LogP contribution in [0.4, 0.5) is 0 Å². The lowest BCUT2D eigenvalue weighted by Crippen LogP contribution is -2.26. The predicted molar refractivity (Wildman–Crippen MR) is 231 cm³/mol. The Hall–Kier alpha value is -6.97. The molecule has 2 aliphatic carbocycles. The van der Waals surface area contributed by atoms with E-state index in [1.165, 1.54) is 50.1 Å². The minimum absolute atomic E-state index is 0.540. The van der Waals surface area contributed by atoms with E-state index in [1.807, 2.05) is 6.07 Å². The first kappa shape index (κ1) is 33.6. The first-order valence-corrected chi connectivity index (χ1v) is 19.5. The fraction of sp³-hybridized carbons (Fsp3) is 0.0755. The molecule has 8 aromatic rings. The van der Waals surface area contributed by atoms with E-state index in [-0.39, 0.29) is 0 Å². The highest BCUT2D eigenvalue weighted by molar-refractivity contribution is 5.98. The van der Waals surface area contributed by atoms with Gasteiger partial charge in [-0.15, -0.1) is 0 Å². The van der Waals surface area contributed by atoms with Gasteiger partial charge in [-0.3, -0.25) is 0 Å². The molecule has 7 aromatic carbocycles. The Morgan fingerprint density at radius 3 is 1.59 bits per heavy atom. The molecule has 0 unspecified atom stereocenters. The zero-order chi connectivity index (χ0) is 37.6. The summed E-state index contributed by atoms with van der Waals surface area (Å²) in [7, 11) is 0. The van der Waals surface area contributed by atoms with Crippen molar-refractivity contribution in [3.63, 3.8) is 0 Å². The monoisotopic (exact) mass is 717 g/mol. The minimum Gasteiger partial charge on any atom is -0.208 e. The molecule has 1 spiro atoms. The minimum atomic E-state index is -0.540. The Morgan fingerprint density at radius 1 is 0.464 bits per heavy atom. The Kier molecular flexibility index (Phi) is 8.22. The third-order valence-electron chi connectivity index (χ3n) is 11.3.